The number of nitrogen functional groups attached to an aromatic ring is 3. The molecule has 1 rings (SSSR count). The molecule has 0 spiro atoms. The van der Waals surface area contributed by atoms with E-state index in [2.05, 4.69) is 9.97 Å². The minimum Gasteiger partial charge on any atom is -0.393 e. The number of rotatable bonds is 0. The van der Waals surface area contributed by atoms with Crippen molar-refractivity contribution >= 4 is 17.3 Å². The van der Waals surface area contributed by atoms with E-state index in [-0.39, 0.29) is 17.3 Å². The Bertz CT molecular complexity index is 200. The van der Waals surface area contributed by atoms with Crippen molar-refractivity contribution in [3.63, 3.8) is 0 Å². The van der Waals surface area contributed by atoms with Gasteiger partial charge in [0, 0.05) is 0 Å². The van der Waals surface area contributed by atoms with Gasteiger partial charge < -0.3 is 17.2 Å². The van der Waals surface area contributed by atoms with Crippen LogP contribution in [0.5, 0.6) is 0 Å². The summed E-state index contributed by atoms with van der Waals surface area (Å²) in [5, 5.41) is 0. The lowest BCUT2D eigenvalue weighted by molar-refractivity contribution is 1.19. The third kappa shape index (κ3) is 0.835. The van der Waals surface area contributed by atoms with Crippen LogP contribution in [0.3, 0.4) is 0 Å². The summed E-state index contributed by atoms with van der Waals surface area (Å²) in [4.78, 5) is 7.20. The van der Waals surface area contributed by atoms with Gasteiger partial charge in [0.15, 0.2) is 11.6 Å². The molecule has 1 aromatic rings. The molecule has 0 aliphatic rings. The van der Waals surface area contributed by atoms with Crippen molar-refractivity contribution in [2.75, 3.05) is 17.2 Å². The molecular weight excluding hydrogens is 119 g/mol. The van der Waals surface area contributed by atoms with Crippen molar-refractivity contribution in [3.8, 4) is 0 Å². The third-order valence-corrected chi connectivity index (χ3v) is 0.946. The van der Waals surface area contributed by atoms with E-state index in [9.17, 15) is 0 Å². The van der Waals surface area contributed by atoms with Crippen LogP contribution in [0.25, 0.3) is 0 Å². The minimum absolute atomic E-state index is 0.225. The molecule has 0 fully saturated rings. The maximum atomic E-state index is 5.31. The summed E-state index contributed by atoms with van der Waals surface area (Å²) in [5.74, 6) is 0.449. The number of aromatic nitrogens is 2. The van der Waals surface area contributed by atoms with Crippen LogP contribution in [0.4, 0.5) is 17.3 Å². The molecule has 0 saturated carbocycles. The Morgan fingerprint density at radius 1 is 1.00 bits per heavy atom. The smallest absolute Gasteiger partial charge is 0.152 e. The molecule has 0 bridgehead atoms. The molecular formula is C4H7N5. The van der Waals surface area contributed by atoms with Crippen LogP contribution in [-0.4, -0.2) is 9.97 Å². The molecule has 5 heteroatoms. The standard InChI is InChI=1S/C4H7N5/c5-2-3(6)8-1-9-4(2)7/h1H,5H2,(H4,6,7,8,9)/i1+1,5+0,8+0,9+0. The Morgan fingerprint density at radius 3 is 1.78 bits per heavy atom. The minimum atomic E-state index is 0.225. The zero-order valence-electron chi connectivity index (χ0n) is 4.70. The normalized spacial score (nSPS) is 9.33. The zero-order chi connectivity index (χ0) is 6.85. The largest absolute Gasteiger partial charge is 0.393 e. The molecule has 0 aliphatic carbocycles. The van der Waals surface area contributed by atoms with E-state index in [4.69, 9.17) is 17.2 Å². The summed E-state index contributed by atoms with van der Waals surface area (Å²) in [6.07, 6.45) is 1.26. The van der Waals surface area contributed by atoms with Crippen LogP contribution in [0.1, 0.15) is 0 Å². The van der Waals surface area contributed by atoms with E-state index in [0.29, 0.717) is 0 Å². The molecule has 9 heavy (non-hydrogen) atoms. The molecule has 0 atom stereocenters. The lowest BCUT2D eigenvalue weighted by Gasteiger charge is -1.98. The van der Waals surface area contributed by atoms with Crippen LogP contribution in [-0.2, 0) is 0 Å². The van der Waals surface area contributed by atoms with Gasteiger partial charge in [0.2, 0.25) is 0 Å². The van der Waals surface area contributed by atoms with Crippen molar-refractivity contribution < 1.29 is 0 Å². The molecule has 1 aromatic heterocycles. The maximum Gasteiger partial charge on any atom is 0.152 e. The molecule has 0 saturated heterocycles. The van der Waals surface area contributed by atoms with Crippen LogP contribution in [0.15, 0.2) is 6.33 Å². The molecule has 0 aromatic carbocycles. The second-order valence-electron chi connectivity index (χ2n) is 1.56. The number of hydrogen-bond acceptors (Lipinski definition) is 5. The first-order chi connectivity index (χ1) is 4.22. The first-order valence-electron chi connectivity index (χ1n) is 2.33. The van der Waals surface area contributed by atoms with E-state index >= 15 is 0 Å². The molecule has 5 nitrogen and oxygen atoms in total. The topological polar surface area (TPSA) is 104 Å². The van der Waals surface area contributed by atoms with Gasteiger partial charge in [0.25, 0.3) is 0 Å². The van der Waals surface area contributed by atoms with Gasteiger partial charge >= 0.3 is 0 Å². The lowest BCUT2D eigenvalue weighted by atomic mass is 10.5. The van der Waals surface area contributed by atoms with Crippen molar-refractivity contribution in [3.05, 3.63) is 6.33 Å². The second-order valence-corrected chi connectivity index (χ2v) is 1.56. The fraction of sp³-hybridized carbons (Fsp3) is 0. The van der Waals surface area contributed by atoms with Crippen LogP contribution < -0.4 is 17.2 Å². The fourth-order valence-electron chi connectivity index (χ4n) is 0.424. The summed E-state index contributed by atoms with van der Waals surface area (Å²) < 4.78 is 0. The zero-order valence-corrected chi connectivity index (χ0v) is 4.70. The van der Waals surface area contributed by atoms with E-state index in [1.165, 1.54) is 6.33 Å². The van der Waals surface area contributed by atoms with Gasteiger partial charge in [0.1, 0.15) is 12.0 Å². The molecule has 48 valence electrons. The highest BCUT2D eigenvalue weighted by atomic mass is 15.1. The summed E-state index contributed by atoms with van der Waals surface area (Å²) in [5.41, 5.74) is 16.1. The quantitative estimate of drug-likeness (QED) is 0.423. The maximum absolute atomic E-state index is 5.31. The Balaban J connectivity index is 3.25. The highest BCUT2D eigenvalue weighted by molar-refractivity contribution is 5.69. The van der Waals surface area contributed by atoms with E-state index in [1.54, 1.807) is 0 Å². The van der Waals surface area contributed by atoms with Crippen LogP contribution in [0.2, 0.25) is 0 Å². The SMILES string of the molecule is Nc1[14n][13cH][14n]c(N)c1[14NH2]. The summed E-state index contributed by atoms with van der Waals surface area (Å²) in [7, 11) is 0. The van der Waals surface area contributed by atoms with Crippen molar-refractivity contribution in [1.29, 1.82) is 0 Å². The Hall–Kier alpha value is -1.52. The van der Waals surface area contributed by atoms with E-state index in [1.807, 2.05) is 0 Å². The van der Waals surface area contributed by atoms with Crippen molar-refractivity contribution in [1.82, 2.24) is 9.97 Å². The summed E-state index contributed by atoms with van der Waals surface area (Å²) >= 11 is 0. The number of nitrogens with zero attached hydrogens (tertiary/aromatic N) is 2. The van der Waals surface area contributed by atoms with E-state index in [0.717, 1.165) is 0 Å². The summed E-state index contributed by atoms with van der Waals surface area (Å²) in [6.45, 7) is 0. The van der Waals surface area contributed by atoms with Crippen molar-refractivity contribution in [2.24, 2.45) is 0 Å². The Kier molecular flexibility index (Phi) is 1.11. The monoisotopic (exact) mass is 126 g/mol. The number of anilines is 3. The highest BCUT2D eigenvalue weighted by Gasteiger charge is 1.97. The molecule has 0 aliphatic heterocycles. The first-order valence-corrected chi connectivity index (χ1v) is 2.33. The van der Waals surface area contributed by atoms with Crippen LogP contribution >= 0.6 is 0 Å². The summed E-state index contributed by atoms with van der Waals surface area (Å²) in [6, 6.07) is 0. The Morgan fingerprint density at radius 2 is 1.44 bits per heavy atom. The number of nitrogens with two attached hydrogens (primary N) is 3. The van der Waals surface area contributed by atoms with Gasteiger partial charge in [0.05, 0.1) is 0 Å². The average molecular weight is 126 g/mol. The molecule has 6 N–H and O–H groups in total. The third-order valence-electron chi connectivity index (χ3n) is 0.946. The number of hydrogen-bond donors (Lipinski definition) is 3. The van der Waals surface area contributed by atoms with Gasteiger partial charge in [-0.3, -0.25) is 0 Å². The van der Waals surface area contributed by atoms with Crippen molar-refractivity contribution in [2.45, 2.75) is 0 Å². The Labute approximate surface area is 51.9 Å². The second kappa shape index (κ2) is 1.77. The first kappa shape index (κ1) is 5.61. The fourth-order valence-corrected chi connectivity index (χ4v) is 0.424. The van der Waals surface area contributed by atoms with Crippen LogP contribution in [0, 0.1) is 0 Å². The predicted octanol–water partition coefficient (Wildman–Crippen LogP) is -0.777. The van der Waals surface area contributed by atoms with E-state index < -0.39 is 0 Å². The van der Waals surface area contributed by atoms with Gasteiger partial charge in [-0.1, -0.05) is 0 Å². The van der Waals surface area contributed by atoms with Gasteiger partial charge in [-0.2, -0.15) is 0 Å². The highest BCUT2D eigenvalue weighted by Crippen LogP contribution is 2.14. The van der Waals surface area contributed by atoms with Gasteiger partial charge in [-0.25, -0.2) is 9.97 Å². The van der Waals surface area contributed by atoms with Gasteiger partial charge in [-0.15, -0.1) is 0 Å². The lowest BCUT2D eigenvalue weighted by Crippen LogP contribution is -2.03. The molecule has 0 amide bonds. The molecule has 0 radical (unpaired) electrons. The van der Waals surface area contributed by atoms with Gasteiger partial charge in [-0.05, 0) is 0 Å². The molecule has 1 heterocycles. The molecule has 0 unspecified atom stereocenters. The predicted molar refractivity (Wildman–Crippen MR) is 35.3 cm³/mol. The average Bonchev–Trinajstić information content (AvgIpc) is 1.83.